The van der Waals surface area contributed by atoms with Gasteiger partial charge in [-0.25, -0.2) is 4.79 Å². The van der Waals surface area contributed by atoms with Crippen molar-refractivity contribution in [2.75, 3.05) is 0 Å². The number of nitrogens with zero attached hydrogens (tertiary/aromatic N) is 1. The van der Waals surface area contributed by atoms with Gasteiger partial charge >= 0.3 is 5.97 Å². The molecule has 0 unspecified atom stereocenters. The van der Waals surface area contributed by atoms with Crippen molar-refractivity contribution in [2.24, 2.45) is 0 Å². The molecule has 3 atom stereocenters. The third-order valence-corrected chi connectivity index (χ3v) is 10.1. The molecule has 198 valence electrons. The van der Waals surface area contributed by atoms with Crippen LogP contribution in [0.1, 0.15) is 63.2 Å². The number of rotatable bonds is 8. The molecule has 10 heteroatoms. The summed E-state index contributed by atoms with van der Waals surface area (Å²) in [4.78, 5) is 28.3. The van der Waals surface area contributed by atoms with Crippen LogP contribution in [0.3, 0.4) is 0 Å². The van der Waals surface area contributed by atoms with E-state index in [1.54, 1.807) is 0 Å². The Kier molecular flexibility index (Phi) is 7.37. The highest BCUT2D eigenvalue weighted by molar-refractivity contribution is 8.01. The maximum absolute atomic E-state index is 13.6. The third-order valence-electron chi connectivity index (χ3n) is 7.31. The fourth-order valence-electron chi connectivity index (χ4n) is 5.51. The monoisotopic (exact) mass is 543 g/mol. The van der Waals surface area contributed by atoms with Crippen molar-refractivity contribution in [3.63, 3.8) is 0 Å². The quantitative estimate of drug-likeness (QED) is 0.390. The molecule has 37 heavy (non-hydrogen) atoms. The molecular weight excluding hydrogens is 510 g/mol. The summed E-state index contributed by atoms with van der Waals surface area (Å²) in [5.74, 6) is -0.914. The number of nitrogens with one attached hydrogen (secondary N) is 2. The van der Waals surface area contributed by atoms with Gasteiger partial charge in [-0.3, -0.25) is 4.79 Å². The highest BCUT2D eigenvalue weighted by Gasteiger charge is 2.65. The predicted molar refractivity (Wildman–Crippen MR) is 143 cm³/mol. The molecule has 3 aliphatic rings. The largest absolute Gasteiger partial charge is 0.451 e. The van der Waals surface area contributed by atoms with Crippen LogP contribution in [0.2, 0.25) is 0 Å². The predicted octanol–water partition coefficient (Wildman–Crippen LogP) is 3.51. The van der Waals surface area contributed by atoms with Crippen LogP contribution in [0.15, 0.2) is 60.7 Å². The van der Waals surface area contributed by atoms with Gasteiger partial charge in [0.2, 0.25) is 5.91 Å². The van der Waals surface area contributed by atoms with E-state index in [1.807, 2.05) is 74.5 Å². The van der Waals surface area contributed by atoms with Gasteiger partial charge in [0.05, 0.1) is 0 Å². The molecule has 8 nitrogen and oxygen atoms in total. The van der Waals surface area contributed by atoms with Crippen molar-refractivity contribution in [1.29, 1.82) is 0 Å². The number of amides is 1. The zero-order chi connectivity index (χ0) is 26.2. The fraction of sp³-hybridized carbons (Fsp3) is 0.481. The highest BCUT2D eigenvalue weighted by Crippen LogP contribution is 2.51. The Hall–Kier alpha value is -2.40. The molecule has 2 heterocycles. The summed E-state index contributed by atoms with van der Waals surface area (Å²) < 4.78 is 36.2. The van der Waals surface area contributed by atoms with Crippen LogP contribution in [0.5, 0.6) is 0 Å². The number of β-lactam (4-membered cyclic amide) rings is 1. The minimum atomic E-state index is -3.86. The summed E-state index contributed by atoms with van der Waals surface area (Å²) in [5.41, 5.74) is 1.66. The number of benzene rings is 2. The molecule has 0 aromatic heterocycles. The van der Waals surface area contributed by atoms with E-state index in [-0.39, 0.29) is 6.04 Å². The standard InChI is InChI=1S/C27H33N3O5S2/c1-27(2)23(26(32)35-22(18-12-6-3-7-13-18)19-14-8-4-9-15-19)30-24(31)21(25(30)36-27)29-37(33,34)28-20-16-10-5-11-17-20/h3-4,6-9,12-15,20-23,25,28-29H,5,10-11,16-17H2,1-2H3/t21-,23+,25-/m1/s1. The topological polar surface area (TPSA) is 105 Å². The molecule has 1 saturated carbocycles. The third kappa shape index (κ3) is 5.43. The molecule has 2 aliphatic heterocycles. The Morgan fingerprint density at radius 3 is 2.11 bits per heavy atom. The number of esters is 1. The number of carbonyl (C=O) groups excluding carboxylic acids is 2. The summed E-state index contributed by atoms with van der Waals surface area (Å²) in [7, 11) is -3.86. The van der Waals surface area contributed by atoms with Crippen LogP contribution in [0.4, 0.5) is 0 Å². The Morgan fingerprint density at radius 2 is 1.54 bits per heavy atom. The van der Waals surface area contributed by atoms with Crippen molar-refractivity contribution in [2.45, 2.75) is 80.3 Å². The van der Waals surface area contributed by atoms with Gasteiger partial charge < -0.3 is 9.64 Å². The van der Waals surface area contributed by atoms with Crippen molar-refractivity contribution in [3.8, 4) is 0 Å². The summed E-state index contributed by atoms with van der Waals surface area (Å²) >= 11 is 1.42. The van der Waals surface area contributed by atoms with E-state index in [1.165, 1.54) is 16.7 Å². The van der Waals surface area contributed by atoms with Gasteiger partial charge in [-0.1, -0.05) is 79.9 Å². The normalized spacial score (nSPS) is 25.5. The Morgan fingerprint density at radius 1 is 0.973 bits per heavy atom. The summed E-state index contributed by atoms with van der Waals surface area (Å²) in [5, 5.41) is -0.477. The van der Waals surface area contributed by atoms with Crippen LogP contribution in [-0.4, -0.2) is 53.4 Å². The highest BCUT2D eigenvalue weighted by atomic mass is 32.2. The number of ether oxygens (including phenoxy) is 1. The number of hydrogen-bond acceptors (Lipinski definition) is 6. The van der Waals surface area contributed by atoms with Crippen LogP contribution < -0.4 is 9.44 Å². The number of fused-ring (bicyclic) bond motifs is 1. The van der Waals surface area contributed by atoms with Gasteiger partial charge in [0, 0.05) is 10.8 Å². The molecule has 0 spiro atoms. The lowest BCUT2D eigenvalue weighted by Crippen LogP contribution is -2.71. The Labute approximate surface area is 222 Å². The van der Waals surface area contributed by atoms with E-state index in [0.717, 1.165) is 43.2 Å². The molecule has 2 N–H and O–H groups in total. The van der Waals surface area contributed by atoms with Gasteiger partial charge in [-0.15, -0.1) is 11.8 Å². The van der Waals surface area contributed by atoms with E-state index in [0.29, 0.717) is 0 Å². The maximum Gasteiger partial charge on any atom is 0.331 e. The van der Waals surface area contributed by atoms with Gasteiger partial charge in [-0.05, 0) is 37.8 Å². The summed E-state index contributed by atoms with van der Waals surface area (Å²) in [6.07, 6.45) is 4.07. The van der Waals surface area contributed by atoms with Crippen LogP contribution >= 0.6 is 11.8 Å². The van der Waals surface area contributed by atoms with Crippen molar-refractivity contribution in [1.82, 2.24) is 14.3 Å². The van der Waals surface area contributed by atoms with Crippen molar-refractivity contribution < 1.29 is 22.7 Å². The molecule has 3 fully saturated rings. The zero-order valence-corrected chi connectivity index (χ0v) is 22.6. The molecule has 2 saturated heterocycles. The van der Waals surface area contributed by atoms with E-state index in [2.05, 4.69) is 9.44 Å². The average molecular weight is 544 g/mol. The summed E-state index contributed by atoms with van der Waals surface area (Å²) in [6.45, 7) is 3.78. The SMILES string of the molecule is CC1(C)S[C@@H]2[C@H](NS(=O)(=O)NC3CCCCC3)C(=O)N2[C@H]1C(=O)OC(c1ccccc1)c1ccccc1. The molecule has 1 aliphatic carbocycles. The lowest BCUT2D eigenvalue weighted by molar-refractivity contribution is -0.165. The minimum absolute atomic E-state index is 0.110. The lowest BCUT2D eigenvalue weighted by atomic mass is 9.96. The van der Waals surface area contributed by atoms with E-state index in [4.69, 9.17) is 4.74 Å². The molecule has 0 radical (unpaired) electrons. The first-order chi connectivity index (χ1) is 17.7. The van der Waals surface area contributed by atoms with Gasteiger partial charge in [0.25, 0.3) is 10.2 Å². The summed E-state index contributed by atoms with van der Waals surface area (Å²) in [6, 6.07) is 17.1. The molecule has 0 bridgehead atoms. The smallest absolute Gasteiger partial charge is 0.331 e. The van der Waals surface area contributed by atoms with Crippen LogP contribution in [0, 0.1) is 0 Å². The molecule has 5 rings (SSSR count). The van der Waals surface area contributed by atoms with Gasteiger partial charge in [0.15, 0.2) is 6.10 Å². The second kappa shape index (κ2) is 10.4. The second-order valence-electron chi connectivity index (χ2n) is 10.4. The minimum Gasteiger partial charge on any atom is -0.451 e. The Bertz CT molecular complexity index is 1190. The zero-order valence-electron chi connectivity index (χ0n) is 21.0. The van der Waals surface area contributed by atoms with Crippen molar-refractivity contribution >= 4 is 33.8 Å². The van der Waals surface area contributed by atoms with E-state index >= 15 is 0 Å². The van der Waals surface area contributed by atoms with Gasteiger partial charge in [0.1, 0.15) is 17.5 Å². The Balaban J connectivity index is 1.31. The average Bonchev–Trinajstić information content (AvgIpc) is 3.15. The fourth-order valence-corrected chi connectivity index (χ4v) is 8.52. The number of hydrogen-bond donors (Lipinski definition) is 2. The molecular formula is C27H33N3O5S2. The lowest BCUT2D eigenvalue weighted by Gasteiger charge is -2.44. The van der Waals surface area contributed by atoms with E-state index < -0.39 is 50.4 Å². The first-order valence-corrected chi connectivity index (χ1v) is 15.1. The second-order valence-corrected chi connectivity index (χ2v) is 13.7. The van der Waals surface area contributed by atoms with Crippen LogP contribution in [-0.2, 0) is 24.5 Å². The molecule has 2 aromatic rings. The van der Waals surface area contributed by atoms with Gasteiger partial charge in [-0.2, -0.15) is 17.9 Å². The molecule has 1 amide bonds. The van der Waals surface area contributed by atoms with Crippen LogP contribution in [0.25, 0.3) is 0 Å². The molecule has 2 aromatic carbocycles. The first kappa shape index (κ1) is 26.2. The number of carbonyl (C=O) groups is 2. The van der Waals surface area contributed by atoms with E-state index in [9.17, 15) is 18.0 Å². The maximum atomic E-state index is 13.6. The van der Waals surface area contributed by atoms with Crippen molar-refractivity contribution in [3.05, 3.63) is 71.8 Å². The number of thioether (sulfide) groups is 1. The first-order valence-electron chi connectivity index (χ1n) is 12.8.